The molecule has 1 aromatic carbocycles. The van der Waals surface area contributed by atoms with Crippen LogP contribution < -0.4 is 10.2 Å². The van der Waals surface area contributed by atoms with Gasteiger partial charge in [-0.3, -0.25) is 4.79 Å². The Hall–Kier alpha value is -1.17. The highest BCUT2D eigenvalue weighted by molar-refractivity contribution is 6.99. The number of aryl methyl sites for hydroxylation is 2. The van der Waals surface area contributed by atoms with Gasteiger partial charge in [-0.25, -0.2) is 0 Å². The molecule has 0 atom stereocenters. The maximum atomic E-state index is 11.6. The van der Waals surface area contributed by atoms with Crippen LogP contribution in [0.4, 0.5) is 0 Å². The molecule has 0 radical (unpaired) electrons. The second-order valence-electron chi connectivity index (χ2n) is 3.66. The van der Waals surface area contributed by atoms with Crippen LogP contribution in [0.3, 0.4) is 0 Å². The van der Waals surface area contributed by atoms with Crippen LogP contribution >= 0.6 is 34.9 Å². The van der Waals surface area contributed by atoms with E-state index < -0.39 is 5.43 Å². The van der Waals surface area contributed by atoms with Gasteiger partial charge < -0.3 is 4.74 Å². The number of hydrogen-bond acceptors (Lipinski definition) is 5. The van der Waals surface area contributed by atoms with Crippen molar-refractivity contribution in [3.05, 3.63) is 43.7 Å². The van der Waals surface area contributed by atoms with Crippen LogP contribution in [0.2, 0.25) is 10.2 Å². The van der Waals surface area contributed by atoms with Gasteiger partial charge in [0.05, 0.1) is 11.7 Å². The molecule has 1 aromatic heterocycles. The zero-order valence-corrected chi connectivity index (χ0v) is 11.9. The summed E-state index contributed by atoms with van der Waals surface area (Å²) in [6.45, 7) is 3.71. The summed E-state index contributed by atoms with van der Waals surface area (Å²) < 4.78 is 12.8. The molecule has 0 bridgehead atoms. The van der Waals surface area contributed by atoms with E-state index in [9.17, 15) is 4.79 Å². The van der Waals surface area contributed by atoms with Gasteiger partial charge in [0.15, 0.2) is 5.15 Å². The Kier molecular flexibility index (Phi) is 3.85. The first-order chi connectivity index (χ1) is 8.49. The average Bonchev–Trinajstić information content (AvgIpc) is 2.32. The Balaban J connectivity index is 2.41. The largest absolute Gasteiger partial charge is 0.435 e. The van der Waals surface area contributed by atoms with E-state index in [-0.39, 0.29) is 11.0 Å². The zero-order chi connectivity index (χ0) is 13.3. The molecule has 0 aliphatic heterocycles. The summed E-state index contributed by atoms with van der Waals surface area (Å²) in [7, 11) is 0. The van der Waals surface area contributed by atoms with E-state index in [2.05, 4.69) is 8.75 Å². The lowest BCUT2D eigenvalue weighted by atomic mass is 10.1. The number of nitrogens with zero attached hydrogens (tertiary/aromatic N) is 2. The molecule has 18 heavy (non-hydrogen) atoms. The van der Waals surface area contributed by atoms with Crippen molar-refractivity contribution in [1.82, 2.24) is 8.75 Å². The van der Waals surface area contributed by atoms with Gasteiger partial charge in [0.1, 0.15) is 5.75 Å². The molecule has 94 valence electrons. The molecule has 0 unspecified atom stereocenters. The topological polar surface area (TPSA) is 52.1 Å². The van der Waals surface area contributed by atoms with Gasteiger partial charge >= 0.3 is 0 Å². The van der Waals surface area contributed by atoms with E-state index in [0.29, 0.717) is 10.8 Å². The molecule has 0 aliphatic carbocycles. The molecule has 0 saturated heterocycles. The van der Waals surface area contributed by atoms with Crippen molar-refractivity contribution in [2.75, 3.05) is 0 Å². The highest BCUT2D eigenvalue weighted by Crippen LogP contribution is 2.27. The molecule has 0 N–H and O–H groups in total. The third-order valence-electron chi connectivity index (χ3n) is 2.25. The molecule has 2 aromatic rings. The standard InChI is InChI=1S/C11H8Cl2N2O2S/c1-5-3-7(4-6(2)8(5)12)17-11-9(16)10(13)14-18-15-11/h3-4H,1-2H3. The van der Waals surface area contributed by atoms with Crippen LogP contribution in [-0.2, 0) is 0 Å². The maximum Gasteiger partial charge on any atom is 0.283 e. The fourth-order valence-electron chi connectivity index (χ4n) is 1.41. The predicted octanol–water partition coefficient (Wildman–Crippen LogP) is 3.61. The van der Waals surface area contributed by atoms with Gasteiger partial charge in [-0.05, 0) is 37.1 Å². The van der Waals surface area contributed by atoms with Crippen molar-refractivity contribution in [2.24, 2.45) is 0 Å². The Morgan fingerprint density at radius 2 is 1.78 bits per heavy atom. The van der Waals surface area contributed by atoms with Gasteiger partial charge in [0.2, 0.25) is 0 Å². The first-order valence-corrected chi connectivity index (χ1v) is 6.44. The fraction of sp³-hybridized carbons (Fsp3) is 0.182. The molecule has 0 amide bonds. The van der Waals surface area contributed by atoms with E-state index >= 15 is 0 Å². The summed E-state index contributed by atoms with van der Waals surface area (Å²) in [5, 5.41) is 0.528. The minimum Gasteiger partial charge on any atom is -0.435 e. The van der Waals surface area contributed by atoms with E-state index in [1.165, 1.54) is 0 Å². The number of rotatable bonds is 2. The zero-order valence-electron chi connectivity index (χ0n) is 9.53. The number of benzene rings is 1. The number of ether oxygens (including phenoxy) is 1. The van der Waals surface area contributed by atoms with E-state index in [1.807, 2.05) is 13.8 Å². The maximum absolute atomic E-state index is 11.6. The number of halogens is 2. The minimum absolute atomic E-state index is 0.0823. The summed E-state index contributed by atoms with van der Waals surface area (Å²) in [4.78, 5) is 11.6. The van der Waals surface area contributed by atoms with Crippen LogP contribution in [0.15, 0.2) is 16.9 Å². The Bertz CT molecular complexity index is 635. The van der Waals surface area contributed by atoms with Crippen LogP contribution in [0.5, 0.6) is 11.6 Å². The third kappa shape index (κ3) is 2.63. The van der Waals surface area contributed by atoms with Crippen molar-refractivity contribution >= 4 is 34.9 Å². The molecule has 1 heterocycles. The quantitative estimate of drug-likeness (QED) is 0.850. The monoisotopic (exact) mass is 302 g/mol. The lowest BCUT2D eigenvalue weighted by Gasteiger charge is -2.07. The van der Waals surface area contributed by atoms with E-state index in [1.54, 1.807) is 12.1 Å². The van der Waals surface area contributed by atoms with Crippen LogP contribution in [0.1, 0.15) is 11.1 Å². The van der Waals surface area contributed by atoms with Gasteiger partial charge in [0, 0.05) is 5.02 Å². The molecule has 0 spiro atoms. The lowest BCUT2D eigenvalue weighted by Crippen LogP contribution is -2.07. The van der Waals surface area contributed by atoms with Gasteiger partial charge in [-0.1, -0.05) is 23.2 Å². The Morgan fingerprint density at radius 1 is 1.17 bits per heavy atom. The second-order valence-corrected chi connectivity index (χ2v) is 4.93. The molecular formula is C11H8Cl2N2O2S. The summed E-state index contributed by atoms with van der Waals surface area (Å²) in [5.74, 6) is 0.412. The predicted molar refractivity (Wildman–Crippen MR) is 72.2 cm³/mol. The smallest absolute Gasteiger partial charge is 0.283 e. The van der Waals surface area contributed by atoms with Crippen LogP contribution in [0, 0.1) is 13.8 Å². The van der Waals surface area contributed by atoms with E-state index in [4.69, 9.17) is 27.9 Å². The molecule has 0 saturated carbocycles. The average molecular weight is 303 g/mol. The highest BCUT2D eigenvalue weighted by atomic mass is 35.5. The van der Waals surface area contributed by atoms with Gasteiger partial charge in [-0.2, -0.15) is 4.37 Å². The van der Waals surface area contributed by atoms with Gasteiger partial charge in [0.25, 0.3) is 11.3 Å². The van der Waals surface area contributed by atoms with Crippen molar-refractivity contribution in [3.63, 3.8) is 0 Å². The molecule has 2 rings (SSSR count). The van der Waals surface area contributed by atoms with Crippen molar-refractivity contribution in [1.29, 1.82) is 0 Å². The molecule has 7 heteroatoms. The summed E-state index contributed by atoms with van der Waals surface area (Å²) in [6.07, 6.45) is 0. The highest BCUT2D eigenvalue weighted by Gasteiger charge is 2.11. The first-order valence-electron chi connectivity index (χ1n) is 4.96. The SMILES string of the molecule is Cc1cc(Oc2nsnc(Cl)c2=O)cc(C)c1Cl. The summed E-state index contributed by atoms with van der Waals surface area (Å²) in [5.41, 5.74) is 1.20. The molecule has 4 nitrogen and oxygen atoms in total. The molecular weight excluding hydrogens is 295 g/mol. The van der Waals surface area contributed by atoms with Gasteiger partial charge in [-0.15, -0.1) is 4.37 Å². The summed E-state index contributed by atoms with van der Waals surface area (Å²) in [6, 6.07) is 3.46. The van der Waals surface area contributed by atoms with E-state index in [0.717, 1.165) is 22.9 Å². The Morgan fingerprint density at radius 3 is 2.39 bits per heavy atom. The Labute approximate surface area is 117 Å². The minimum atomic E-state index is -0.527. The van der Waals surface area contributed by atoms with Crippen molar-refractivity contribution in [3.8, 4) is 11.6 Å². The van der Waals surface area contributed by atoms with Crippen LogP contribution in [0.25, 0.3) is 0 Å². The van der Waals surface area contributed by atoms with Crippen molar-refractivity contribution < 1.29 is 4.74 Å². The third-order valence-corrected chi connectivity index (χ3v) is 3.72. The number of hydrogen-bond donors (Lipinski definition) is 0. The molecule has 0 fully saturated rings. The first kappa shape index (κ1) is 13.3. The normalized spacial score (nSPS) is 10.4. The van der Waals surface area contributed by atoms with Crippen LogP contribution in [-0.4, -0.2) is 8.75 Å². The number of aromatic nitrogens is 2. The lowest BCUT2D eigenvalue weighted by molar-refractivity contribution is 0.461. The molecule has 0 aliphatic rings. The second kappa shape index (κ2) is 5.22. The summed E-state index contributed by atoms with van der Waals surface area (Å²) >= 11 is 12.5. The fourth-order valence-corrected chi connectivity index (χ4v) is 2.08. The van der Waals surface area contributed by atoms with Crippen molar-refractivity contribution in [2.45, 2.75) is 13.8 Å².